The summed E-state index contributed by atoms with van der Waals surface area (Å²) in [4.78, 5) is 25.4. The second-order valence-corrected chi connectivity index (χ2v) is 5.56. The maximum Gasteiger partial charge on any atom is 0.321 e. The Hall–Kier alpha value is -1.92. The molecular formula is C16H23N3O3. The third-order valence-corrected chi connectivity index (χ3v) is 3.68. The van der Waals surface area contributed by atoms with E-state index in [9.17, 15) is 14.7 Å². The van der Waals surface area contributed by atoms with E-state index in [1.165, 1.54) is 0 Å². The van der Waals surface area contributed by atoms with E-state index in [0.717, 1.165) is 24.9 Å². The van der Waals surface area contributed by atoms with Crippen LogP contribution in [-0.2, 0) is 11.3 Å². The Labute approximate surface area is 130 Å². The fourth-order valence-electron chi connectivity index (χ4n) is 2.51. The Balaban J connectivity index is 1.62. The smallest absolute Gasteiger partial charge is 0.321 e. The van der Waals surface area contributed by atoms with Gasteiger partial charge < -0.3 is 15.3 Å². The Morgan fingerprint density at radius 2 is 2.05 bits per heavy atom. The van der Waals surface area contributed by atoms with E-state index in [4.69, 9.17) is 0 Å². The van der Waals surface area contributed by atoms with E-state index in [2.05, 4.69) is 15.5 Å². The monoisotopic (exact) mass is 305 g/mol. The molecule has 22 heavy (non-hydrogen) atoms. The Morgan fingerprint density at radius 1 is 1.27 bits per heavy atom. The van der Waals surface area contributed by atoms with Crippen molar-refractivity contribution < 1.29 is 14.7 Å². The third kappa shape index (κ3) is 5.83. The predicted octanol–water partition coefficient (Wildman–Crippen LogP) is 0.859. The lowest BCUT2D eigenvalue weighted by Crippen LogP contribution is -2.42. The first-order valence-electron chi connectivity index (χ1n) is 7.65. The number of aliphatic hydroxyl groups excluding tert-OH is 1. The summed E-state index contributed by atoms with van der Waals surface area (Å²) in [6.45, 7) is 2.45. The van der Waals surface area contributed by atoms with Crippen molar-refractivity contribution >= 4 is 11.9 Å². The van der Waals surface area contributed by atoms with Crippen molar-refractivity contribution in [3.8, 4) is 0 Å². The molecule has 0 aliphatic carbocycles. The van der Waals surface area contributed by atoms with Crippen LogP contribution in [0.5, 0.6) is 0 Å². The van der Waals surface area contributed by atoms with Gasteiger partial charge in [-0.2, -0.15) is 0 Å². The van der Waals surface area contributed by atoms with Crippen molar-refractivity contribution in [1.82, 2.24) is 15.5 Å². The summed E-state index contributed by atoms with van der Waals surface area (Å²) in [5, 5.41) is 14.5. The van der Waals surface area contributed by atoms with Gasteiger partial charge in [0.25, 0.3) is 0 Å². The number of benzene rings is 1. The average Bonchev–Trinajstić information content (AvgIpc) is 2.52. The molecule has 2 rings (SSSR count). The number of nitrogens with one attached hydrogen (secondary N) is 2. The standard InChI is InChI=1S/C16H23N3O3/c20-14-7-4-9-19(12-14)10-8-15(21)18-16(22)17-11-13-5-2-1-3-6-13/h1-3,5-6,14,20H,4,7-12H2,(H2,17,18,21,22). The van der Waals surface area contributed by atoms with Crippen molar-refractivity contribution in [2.24, 2.45) is 0 Å². The number of carbonyl (C=O) groups excluding carboxylic acids is 2. The lowest BCUT2D eigenvalue weighted by molar-refractivity contribution is -0.120. The highest BCUT2D eigenvalue weighted by Gasteiger charge is 2.18. The molecule has 120 valence electrons. The molecule has 1 aromatic rings. The van der Waals surface area contributed by atoms with Crippen LogP contribution in [0.3, 0.4) is 0 Å². The van der Waals surface area contributed by atoms with E-state index in [0.29, 0.717) is 19.6 Å². The van der Waals surface area contributed by atoms with E-state index >= 15 is 0 Å². The first kappa shape index (κ1) is 16.5. The molecule has 1 aromatic carbocycles. The molecule has 1 unspecified atom stereocenters. The Morgan fingerprint density at radius 3 is 2.77 bits per heavy atom. The highest BCUT2D eigenvalue weighted by Crippen LogP contribution is 2.09. The number of hydrogen-bond acceptors (Lipinski definition) is 4. The van der Waals surface area contributed by atoms with Gasteiger partial charge >= 0.3 is 6.03 Å². The minimum absolute atomic E-state index is 0.255. The third-order valence-electron chi connectivity index (χ3n) is 3.68. The van der Waals surface area contributed by atoms with Gasteiger partial charge in [-0.3, -0.25) is 10.1 Å². The molecule has 0 saturated carbocycles. The number of piperidine rings is 1. The molecular weight excluding hydrogens is 282 g/mol. The molecule has 1 fully saturated rings. The molecule has 0 spiro atoms. The van der Waals surface area contributed by atoms with Gasteiger partial charge in [-0.15, -0.1) is 0 Å². The van der Waals surface area contributed by atoms with E-state index < -0.39 is 6.03 Å². The molecule has 1 heterocycles. The first-order chi connectivity index (χ1) is 10.6. The molecule has 1 atom stereocenters. The summed E-state index contributed by atoms with van der Waals surface area (Å²) in [7, 11) is 0. The SMILES string of the molecule is O=C(CCN1CCCC(O)C1)NC(=O)NCc1ccccc1. The van der Waals surface area contributed by atoms with Crippen LogP contribution in [0.25, 0.3) is 0 Å². The molecule has 6 nitrogen and oxygen atoms in total. The number of aliphatic hydroxyl groups is 1. The van der Waals surface area contributed by atoms with Crippen LogP contribution < -0.4 is 10.6 Å². The number of β-amino-alcohol motifs (C(OH)–C–C–N with tert-alkyl or cyclic N) is 1. The molecule has 0 bridgehead atoms. The van der Waals surface area contributed by atoms with Crippen LogP contribution in [0.15, 0.2) is 30.3 Å². The summed E-state index contributed by atoms with van der Waals surface area (Å²) in [6.07, 6.45) is 1.72. The van der Waals surface area contributed by atoms with E-state index in [1.807, 2.05) is 30.3 Å². The molecule has 1 saturated heterocycles. The summed E-state index contributed by atoms with van der Waals surface area (Å²) in [6, 6.07) is 9.03. The van der Waals surface area contributed by atoms with Gasteiger partial charge in [0.1, 0.15) is 0 Å². The van der Waals surface area contributed by atoms with Gasteiger partial charge in [-0.05, 0) is 24.9 Å². The minimum Gasteiger partial charge on any atom is -0.392 e. The first-order valence-corrected chi connectivity index (χ1v) is 7.65. The van der Waals surface area contributed by atoms with E-state index in [1.54, 1.807) is 0 Å². The number of amides is 3. The molecule has 3 N–H and O–H groups in total. The number of rotatable bonds is 5. The van der Waals surface area contributed by atoms with Crippen LogP contribution in [0.4, 0.5) is 4.79 Å². The van der Waals surface area contributed by atoms with Crippen molar-refractivity contribution in [3.05, 3.63) is 35.9 Å². The summed E-state index contributed by atoms with van der Waals surface area (Å²) in [5.74, 6) is -0.300. The molecule has 1 aliphatic heterocycles. The summed E-state index contributed by atoms with van der Waals surface area (Å²) in [5.41, 5.74) is 0.979. The van der Waals surface area contributed by atoms with Crippen LogP contribution in [0.1, 0.15) is 24.8 Å². The number of urea groups is 1. The zero-order valence-electron chi connectivity index (χ0n) is 12.6. The van der Waals surface area contributed by atoms with Gasteiger partial charge in [0.2, 0.25) is 5.91 Å². The molecule has 0 radical (unpaired) electrons. The van der Waals surface area contributed by atoms with Gasteiger partial charge in [0, 0.05) is 26.1 Å². The van der Waals surface area contributed by atoms with Crippen LogP contribution in [-0.4, -0.2) is 47.7 Å². The summed E-state index contributed by atoms with van der Waals surface area (Å²) >= 11 is 0. The van der Waals surface area contributed by atoms with Gasteiger partial charge in [0.15, 0.2) is 0 Å². The highest BCUT2D eigenvalue weighted by atomic mass is 16.3. The van der Waals surface area contributed by atoms with E-state index in [-0.39, 0.29) is 18.4 Å². The minimum atomic E-state index is -0.479. The van der Waals surface area contributed by atoms with Crippen molar-refractivity contribution in [3.63, 3.8) is 0 Å². The maximum atomic E-state index is 11.7. The highest BCUT2D eigenvalue weighted by molar-refractivity contribution is 5.94. The molecule has 3 amide bonds. The lowest BCUT2D eigenvalue weighted by atomic mass is 10.1. The number of nitrogens with zero attached hydrogens (tertiary/aromatic N) is 1. The average molecular weight is 305 g/mol. The van der Waals surface area contributed by atoms with Crippen LogP contribution in [0, 0.1) is 0 Å². The van der Waals surface area contributed by atoms with Gasteiger partial charge in [-0.1, -0.05) is 30.3 Å². The number of hydrogen-bond donors (Lipinski definition) is 3. The topological polar surface area (TPSA) is 81.7 Å². The Bertz CT molecular complexity index is 493. The second kappa shape index (κ2) is 8.51. The van der Waals surface area contributed by atoms with Gasteiger partial charge in [0.05, 0.1) is 6.10 Å². The number of carbonyl (C=O) groups is 2. The normalized spacial score (nSPS) is 18.7. The fraction of sp³-hybridized carbons (Fsp3) is 0.500. The molecule has 0 aromatic heterocycles. The van der Waals surface area contributed by atoms with Crippen LogP contribution >= 0.6 is 0 Å². The lowest BCUT2D eigenvalue weighted by Gasteiger charge is -2.29. The molecule has 1 aliphatic rings. The quantitative estimate of drug-likeness (QED) is 0.753. The second-order valence-electron chi connectivity index (χ2n) is 5.56. The maximum absolute atomic E-state index is 11.7. The number of likely N-dealkylation sites (tertiary alicyclic amines) is 1. The van der Waals surface area contributed by atoms with Crippen molar-refractivity contribution in [2.75, 3.05) is 19.6 Å². The van der Waals surface area contributed by atoms with Crippen molar-refractivity contribution in [2.45, 2.75) is 31.9 Å². The zero-order valence-corrected chi connectivity index (χ0v) is 12.6. The number of imide groups is 1. The Kier molecular flexibility index (Phi) is 6.36. The predicted molar refractivity (Wildman–Crippen MR) is 83.1 cm³/mol. The summed E-state index contributed by atoms with van der Waals surface area (Å²) < 4.78 is 0. The fourth-order valence-corrected chi connectivity index (χ4v) is 2.51. The zero-order chi connectivity index (χ0) is 15.8. The largest absolute Gasteiger partial charge is 0.392 e. The van der Waals surface area contributed by atoms with Gasteiger partial charge in [-0.25, -0.2) is 4.79 Å². The van der Waals surface area contributed by atoms with Crippen molar-refractivity contribution in [1.29, 1.82) is 0 Å². The van der Waals surface area contributed by atoms with Crippen LogP contribution in [0.2, 0.25) is 0 Å². The molecule has 6 heteroatoms.